The SMILES string of the molecule is C=CCNC(=O)Nc1ccc(N2CCCN(Cc3ccc(C(C)C)cc3)C2=O)cc1. The Morgan fingerprint density at radius 2 is 1.80 bits per heavy atom. The summed E-state index contributed by atoms with van der Waals surface area (Å²) in [4.78, 5) is 28.5. The smallest absolute Gasteiger partial charge is 0.324 e. The van der Waals surface area contributed by atoms with E-state index in [-0.39, 0.29) is 12.1 Å². The molecule has 0 aliphatic carbocycles. The van der Waals surface area contributed by atoms with Crippen molar-refractivity contribution in [3.05, 3.63) is 72.3 Å². The minimum Gasteiger partial charge on any atom is -0.334 e. The normalized spacial score (nSPS) is 14.0. The predicted octanol–water partition coefficient (Wildman–Crippen LogP) is 4.95. The fraction of sp³-hybridized carbons (Fsp3) is 0.333. The summed E-state index contributed by atoms with van der Waals surface area (Å²) in [6.45, 7) is 10.4. The molecule has 0 unspecified atom stereocenters. The largest absolute Gasteiger partial charge is 0.334 e. The molecule has 1 fully saturated rings. The van der Waals surface area contributed by atoms with Crippen LogP contribution in [0.25, 0.3) is 0 Å². The molecule has 6 heteroatoms. The van der Waals surface area contributed by atoms with Gasteiger partial charge in [0.2, 0.25) is 0 Å². The molecule has 6 nitrogen and oxygen atoms in total. The molecule has 0 aromatic heterocycles. The van der Waals surface area contributed by atoms with Gasteiger partial charge >= 0.3 is 12.1 Å². The van der Waals surface area contributed by atoms with Crippen molar-refractivity contribution in [2.24, 2.45) is 0 Å². The van der Waals surface area contributed by atoms with Crippen LogP contribution in [0.1, 0.15) is 37.3 Å². The lowest BCUT2D eigenvalue weighted by Crippen LogP contribution is -2.49. The first kappa shape index (κ1) is 21.4. The zero-order valence-electron chi connectivity index (χ0n) is 17.7. The lowest BCUT2D eigenvalue weighted by atomic mass is 10.0. The second-order valence-corrected chi connectivity index (χ2v) is 7.78. The van der Waals surface area contributed by atoms with Crippen molar-refractivity contribution in [3.63, 3.8) is 0 Å². The van der Waals surface area contributed by atoms with Gasteiger partial charge < -0.3 is 15.5 Å². The fourth-order valence-electron chi connectivity index (χ4n) is 3.46. The van der Waals surface area contributed by atoms with Crippen LogP contribution in [0.5, 0.6) is 0 Å². The summed E-state index contributed by atoms with van der Waals surface area (Å²) in [6, 6.07) is 15.6. The Morgan fingerprint density at radius 1 is 1.10 bits per heavy atom. The van der Waals surface area contributed by atoms with Gasteiger partial charge in [-0.25, -0.2) is 9.59 Å². The van der Waals surface area contributed by atoms with E-state index in [1.54, 1.807) is 23.1 Å². The molecule has 0 radical (unpaired) electrons. The van der Waals surface area contributed by atoms with E-state index in [1.807, 2.05) is 17.0 Å². The van der Waals surface area contributed by atoms with E-state index < -0.39 is 0 Å². The van der Waals surface area contributed by atoms with Crippen LogP contribution in [-0.4, -0.2) is 36.6 Å². The zero-order chi connectivity index (χ0) is 21.5. The number of benzene rings is 2. The number of urea groups is 2. The van der Waals surface area contributed by atoms with Gasteiger partial charge in [-0.05, 0) is 47.7 Å². The lowest BCUT2D eigenvalue weighted by Gasteiger charge is -2.35. The summed E-state index contributed by atoms with van der Waals surface area (Å²) in [5.41, 5.74) is 3.95. The van der Waals surface area contributed by atoms with Crippen molar-refractivity contribution in [2.75, 3.05) is 29.9 Å². The molecule has 1 aliphatic rings. The fourth-order valence-corrected chi connectivity index (χ4v) is 3.46. The molecule has 30 heavy (non-hydrogen) atoms. The third-order valence-corrected chi connectivity index (χ3v) is 5.17. The Balaban J connectivity index is 1.63. The Hall–Kier alpha value is -3.28. The van der Waals surface area contributed by atoms with E-state index in [0.717, 1.165) is 24.2 Å². The van der Waals surface area contributed by atoms with Crippen LogP contribution in [0.15, 0.2) is 61.2 Å². The molecule has 2 N–H and O–H groups in total. The Kier molecular flexibility index (Phi) is 7.12. The van der Waals surface area contributed by atoms with Gasteiger partial charge in [0.05, 0.1) is 0 Å². The highest BCUT2D eigenvalue weighted by molar-refractivity contribution is 5.94. The van der Waals surface area contributed by atoms with E-state index in [9.17, 15) is 9.59 Å². The number of nitrogens with zero attached hydrogens (tertiary/aromatic N) is 2. The first-order valence-electron chi connectivity index (χ1n) is 10.4. The highest BCUT2D eigenvalue weighted by Crippen LogP contribution is 2.24. The van der Waals surface area contributed by atoms with Gasteiger partial charge in [-0.2, -0.15) is 0 Å². The molecule has 2 aromatic rings. The molecular weight excluding hydrogens is 376 g/mol. The van der Waals surface area contributed by atoms with Crippen LogP contribution >= 0.6 is 0 Å². The van der Waals surface area contributed by atoms with Crippen molar-refractivity contribution in [1.82, 2.24) is 10.2 Å². The quantitative estimate of drug-likeness (QED) is 0.639. The van der Waals surface area contributed by atoms with E-state index in [1.165, 1.54) is 5.56 Å². The van der Waals surface area contributed by atoms with E-state index >= 15 is 0 Å². The zero-order valence-corrected chi connectivity index (χ0v) is 17.7. The van der Waals surface area contributed by atoms with Gasteiger partial charge in [-0.15, -0.1) is 6.58 Å². The molecule has 0 bridgehead atoms. The van der Waals surface area contributed by atoms with Crippen LogP contribution < -0.4 is 15.5 Å². The number of hydrogen-bond acceptors (Lipinski definition) is 2. The number of carbonyl (C=O) groups excluding carboxylic acids is 2. The Bertz CT molecular complexity index is 875. The lowest BCUT2D eigenvalue weighted by molar-refractivity contribution is 0.192. The van der Waals surface area contributed by atoms with Crippen LogP contribution in [0.3, 0.4) is 0 Å². The van der Waals surface area contributed by atoms with Crippen LogP contribution in [0.2, 0.25) is 0 Å². The van der Waals surface area contributed by atoms with Gasteiger partial charge in [0.25, 0.3) is 0 Å². The van der Waals surface area contributed by atoms with Crippen LogP contribution in [0.4, 0.5) is 21.0 Å². The number of anilines is 2. The molecule has 3 rings (SSSR count). The number of rotatable bonds is 7. The molecule has 1 heterocycles. The highest BCUT2D eigenvalue weighted by atomic mass is 16.2. The third-order valence-electron chi connectivity index (χ3n) is 5.17. The first-order valence-corrected chi connectivity index (χ1v) is 10.4. The summed E-state index contributed by atoms with van der Waals surface area (Å²) in [5, 5.41) is 5.43. The van der Waals surface area contributed by atoms with Crippen molar-refractivity contribution in [2.45, 2.75) is 32.7 Å². The molecule has 1 saturated heterocycles. The van der Waals surface area contributed by atoms with Crippen molar-refractivity contribution in [3.8, 4) is 0 Å². The molecule has 158 valence electrons. The summed E-state index contributed by atoms with van der Waals surface area (Å²) in [7, 11) is 0. The van der Waals surface area contributed by atoms with E-state index in [2.05, 4.69) is 55.3 Å². The van der Waals surface area contributed by atoms with Gasteiger partial charge in [0.15, 0.2) is 0 Å². The Morgan fingerprint density at radius 3 is 2.43 bits per heavy atom. The maximum Gasteiger partial charge on any atom is 0.324 e. The molecular formula is C24H30N4O2. The third kappa shape index (κ3) is 5.41. The number of hydrogen-bond donors (Lipinski definition) is 2. The number of carbonyl (C=O) groups is 2. The predicted molar refractivity (Wildman–Crippen MR) is 122 cm³/mol. The Labute approximate surface area is 178 Å². The second kappa shape index (κ2) is 9.96. The summed E-state index contributed by atoms with van der Waals surface area (Å²) >= 11 is 0. The minimum absolute atomic E-state index is 0.0126. The van der Waals surface area contributed by atoms with Crippen molar-refractivity contribution in [1.29, 1.82) is 0 Å². The molecule has 0 spiro atoms. The average molecular weight is 407 g/mol. The molecule has 0 saturated carbocycles. The minimum atomic E-state index is -0.286. The topological polar surface area (TPSA) is 64.7 Å². The summed E-state index contributed by atoms with van der Waals surface area (Å²) < 4.78 is 0. The van der Waals surface area contributed by atoms with Gasteiger partial charge in [0, 0.05) is 37.6 Å². The average Bonchev–Trinajstić information content (AvgIpc) is 2.75. The highest BCUT2D eigenvalue weighted by Gasteiger charge is 2.26. The summed E-state index contributed by atoms with van der Waals surface area (Å²) in [6.07, 6.45) is 2.54. The van der Waals surface area contributed by atoms with Crippen molar-refractivity contribution < 1.29 is 9.59 Å². The van der Waals surface area contributed by atoms with E-state index in [0.29, 0.717) is 31.2 Å². The molecule has 2 aromatic carbocycles. The van der Waals surface area contributed by atoms with Crippen molar-refractivity contribution >= 4 is 23.4 Å². The van der Waals surface area contributed by atoms with Gasteiger partial charge in [0.1, 0.15) is 0 Å². The molecule has 4 amide bonds. The second-order valence-electron chi connectivity index (χ2n) is 7.78. The van der Waals surface area contributed by atoms with Gasteiger partial charge in [-0.3, -0.25) is 4.90 Å². The van der Waals surface area contributed by atoms with Crippen LogP contribution in [-0.2, 0) is 6.54 Å². The molecule has 1 aliphatic heterocycles. The number of amides is 4. The maximum absolute atomic E-state index is 13.0. The molecule has 0 atom stereocenters. The maximum atomic E-state index is 13.0. The van der Waals surface area contributed by atoms with E-state index in [4.69, 9.17) is 0 Å². The summed E-state index contributed by atoms with van der Waals surface area (Å²) in [5.74, 6) is 0.497. The monoisotopic (exact) mass is 406 g/mol. The van der Waals surface area contributed by atoms with Gasteiger partial charge in [-0.1, -0.05) is 44.2 Å². The first-order chi connectivity index (χ1) is 14.5. The number of nitrogens with one attached hydrogen (secondary N) is 2. The van der Waals surface area contributed by atoms with Crippen LogP contribution in [0, 0.1) is 0 Å². The standard InChI is InChI=1S/C24H30N4O2/c1-4-14-25-23(29)26-21-10-12-22(13-11-21)28-16-5-15-27(24(28)30)17-19-6-8-20(9-7-19)18(2)3/h4,6-13,18H,1,5,14-17H2,2-3H3,(H2,25,26,29).